The van der Waals surface area contributed by atoms with Crippen molar-refractivity contribution >= 4 is 52.7 Å². The third-order valence-electron chi connectivity index (χ3n) is 6.68. The first-order valence-corrected chi connectivity index (χ1v) is 14.3. The van der Waals surface area contributed by atoms with Gasteiger partial charge in [0.25, 0.3) is 10.2 Å². The molecule has 1 unspecified atom stereocenters. The highest BCUT2D eigenvalue weighted by molar-refractivity contribution is 7.90. The number of imide groups is 1. The summed E-state index contributed by atoms with van der Waals surface area (Å²) in [5.41, 5.74) is -0.872. The molecular weight excluding hydrogens is 613 g/mol. The number of carboxylic acid groups (broad SMARTS) is 1. The topological polar surface area (TPSA) is 238 Å². The van der Waals surface area contributed by atoms with Crippen molar-refractivity contribution in [3.05, 3.63) is 58.9 Å². The summed E-state index contributed by atoms with van der Waals surface area (Å²) in [5, 5.41) is 29.5. The Kier molecular flexibility index (Phi) is 9.35. The Labute approximate surface area is 248 Å². The number of hydrogen-bond donors (Lipinski definition) is 6. The maximum Gasteiger partial charge on any atom is 0.547 e. The number of nitrogens with one attached hydrogen (secondary N) is 3. The van der Waals surface area contributed by atoms with Crippen molar-refractivity contribution in [1.82, 2.24) is 20.4 Å². The van der Waals surface area contributed by atoms with Crippen LogP contribution >= 0.6 is 0 Å². The minimum Gasteiger partial charge on any atom is -0.534 e. The number of carbonyl (C=O) groups excluding carboxylic acids is 4. The van der Waals surface area contributed by atoms with E-state index in [1.54, 1.807) is 0 Å². The third-order valence-corrected chi connectivity index (χ3v) is 7.20. The van der Waals surface area contributed by atoms with E-state index in [2.05, 4.69) is 10.6 Å². The molecule has 2 heterocycles. The lowest BCUT2D eigenvalue weighted by Crippen LogP contribution is -2.60. The van der Waals surface area contributed by atoms with Crippen molar-refractivity contribution in [2.45, 2.75) is 18.4 Å². The molecule has 44 heavy (non-hydrogen) atoms. The van der Waals surface area contributed by atoms with Gasteiger partial charge >= 0.3 is 30.9 Å². The van der Waals surface area contributed by atoms with Crippen LogP contribution in [0, 0.1) is 5.82 Å². The number of alkyl halides is 1. The second-order valence-corrected chi connectivity index (χ2v) is 10.9. The number of amides is 5. The number of anilines is 1. The number of para-hydroxylation sites is 1. The van der Waals surface area contributed by atoms with E-state index in [-0.39, 0.29) is 36.5 Å². The lowest BCUT2D eigenvalue weighted by molar-refractivity contribution is -0.153. The molecule has 2 aliphatic heterocycles. The number of halogens is 2. The van der Waals surface area contributed by atoms with E-state index in [0.29, 0.717) is 10.5 Å². The highest BCUT2D eigenvalue weighted by atomic mass is 32.2. The van der Waals surface area contributed by atoms with E-state index in [0.717, 1.165) is 23.1 Å². The number of hydrogen-bond acceptors (Lipinski definition) is 9. The number of carbonyl (C=O) groups is 5. The van der Waals surface area contributed by atoms with Crippen LogP contribution in [0.2, 0.25) is 0 Å². The van der Waals surface area contributed by atoms with Gasteiger partial charge in [-0.1, -0.05) is 12.1 Å². The molecule has 2 aliphatic rings. The van der Waals surface area contributed by atoms with Crippen LogP contribution in [0.25, 0.3) is 0 Å². The first kappa shape index (κ1) is 32.1. The maximum absolute atomic E-state index is 15.1. The van der Waals surface area contributed by atoms with Crippen LogP contribution in [0.3, 0.4) is 0 Å². The van der Waals surface area contributed by atoms with Crippen molar-refractivity contribution in [2.75, 3.05) is 31.0 Å². The van der Waals surface area contributed by atoms with E-state index in [1.165, 1.54) is 18.2 Å². The molecule has 2 atom stereocenters. The Balaban J connectivity index is 1.64. The summed E-state index contributed by atoms with van der Waals surface area (Å²) in [6, 6.07) is 3.41. The SMILES string of the molecule is NS(=O)(=O)Nc1ccc(F)c(C(NC(=O)N2CCN(CCF)C(=O)C2=O)C(=O)N[C@H]2Cc3cccc(C(=O)O)c3OB2O)c1. The van der Waals surface area contributed by atoms with E-state index in [9.17, 15) is 46.9 Å². The van der Waals surface area contributed by atoms with Gasteiger partial charge in [0.05, 0.1) is 17.2 Å². The van der Waals surface area contributed by atoms with Crippen LogP contribution in [-0.2, 0) is 31.0 Å². The zero-order valence-electron chi connectivity index (χ0n) is 22.5. The standard InChI is InChI=1S/C24H25BF2N6O10S/c26-6-7-32-8-9-33(22(36)21(32)35)24(39)30-18(15-11-13(4-5-16(15)27)31-44(28,41)42)20(34)29-17-10-12-2-1-3-14(23(37)38)19(12)43-25(17)40/h1-5,11,17-18,31,40H,6-10H2,(H,29,34)(H,30,39)(H,37,38)(H2,28,41,42)/t17-,18?/m0/s1. The van der Waals surface area contributed by atoms with Crippen LogP contribution in [0.15, 0.2) is 36.4 Å². The minimum atomic E-state index is -4.36. The predicted molar refractivity (Wildman–Crippen MR) is 146 cm³/mol. The number of urea groups is 1. The number of nitrogens with zero attached hydrogens (tertiary/aromatic N) is 2. The maximum atomic E-state index is 15.1. The van der Waals surface area contributed by atoms with Gasteiger partial charge in [-0.15, -0.1) is 0 Å². The van der Waals surface area contributed by atoms with E-state index >= 15 is 4.39 Å². The Morgan fingerprint density at radius 3 is 2.55 bits per heavy atom. The predicted octanol–water partition coefficient (Wildman–Crippen LogP) is -1.33. The molecule has 16 nitrogen and oxygen atoms in total. The fourth-order valence-electron chi connectivity index (χ4n) is 4.64. The van der Waals surface area contributed by atoms with Crippen LogP contribution in [-0.4, -0.2) is 97.4 Å². The number of aromatic carboxylic acids is 1. The summed E-state index contributed by atoms with van der Waals surface area (Å²) < 4.78 is 58.1. The van der Waals surface area contributed by atoms with Gasteiger partial charge in [0.15, 0.2) is 0 Å². The normalized spacial score (nSPS) is 17.4. The van der Waals surface area contributed by atoms with Crippen molar-refractivity contribution in [3.63, 3.8) is 0 Å². The molecule has 0 spiro atoms. The second-order valence-electron chi connectivity index (χ2n) is 9.63. The van der Waals surface area contributed by atoms with Crippen molar-refractivity contribution in [2.24, 2.45) is 5.14 Å². The lowest BCUT2D eigenvalue weighted by atomic mass is 9.72. The van der Waals surface area contributed by atoms with Gasteiger partial charge in [0.2, 0.25) is 5.91 Å². The highest BCUT2D eigenvalue weighted by Crippen LogP contribution is 2.31. The molecule has 5 amide bonds. The largest absolute Gasteiger partial charge is 0.547 e. The molecule has 0 bridgehead atoms. The Morgan fingerprint density at radius 1 is 1.16 bits per heavy atom. The van der Waals surface area contributed by atoms with Gasteiger partial charge in [0.1, 0.15) is 24.3 Å². The molecule has 1 fully saturated rings. The molecule has 0 aliphatic carbocycles. The van der Waals surface area contributed by atoms with Gasteiger partial charge in [-0.05, 0) is 36.2 Å². The number of nitrogens with two attached hydrogens (primary N) is 1. The molecule has 4 rings (SSSR count). The number of piperazine rings is 1. The van der Waals surface area contributed by atoms with Gasteiger partial charge in [-0.2, -0.15) is 8.42 Å². The monoisotopic (exact) mass is 638 g/mol. The van der Waals surface area contributed by atoms with Gasteiger partial charge < -0.3 is 30.3 Å². The van der Waals surface area contributed by atoms with Crippen molar-refractivity contribution < 1.29 is 56.0 Å². The zero-order chi connectivity index (χ0) is 32.3. The summed E-state index contributed by atoms with van der Waals surface area (Å²) in [6.45, 7) is -1.93. The number of carboxylic acids is 1. The van der Waals surface area contributed by atoms with Crippen LogP contribution in [0.5, 0.6) is 5.75 Å². The Hall–Kier alpha value is -4.82. The summed E-state index contributed by atoms with van der Waals surface area (Å²) in [5.74, 6) is -7.54. The Morgan fingerprint density at radius 2 is 1.89 bits per heavy atom. The van der Waals surface area contributed by atoms with Gasteiger partial charge in [-0.3, -0.25) is 24.0 Å². The van der Waals surface area contributed by atoms with E-state index in [4.69, 9.17) is 9.79 Å². The molecule has 20 heteroatoms. The zero-order valence-corrected chi connectivity index (χ0v) is 23.3. The minimum absolute atomic E-state index is 0.134. The average Bonchev–Trinajstić information content (AvgIpc) is 2.94. The second kappa shape index (κ2) is 12.8. The molecule has 234 valence electrons. The smallest absolute Gasteiger partial charge is 0.534 e. The van der Waals surface area contributed by atoms with Crippen LogP contribution in [0.1, 0.15) is 27.5 Å². The van der Waals surface area contributed by atoms with Crippen molar-refractivity contribution in [3.8, 4) is 5.75 Å². The molecule has 0 radical (unpaired) electrons. The first-order chi connectivity index (χ1) is 20.7. The third kappa shape index (κ3) is 7.04. The summed E-state index contributed by atoms with van der Waals surface area (Å²) in [6.07, 6.45) is -0.164. The fraction of sp³-hybridized carbons (Fsp3) is 0.292. The first-order valence-electron chi connectivity index (χ1n) is 12.8. The molecule has 2 aromatic rings. The molecule has 0 saturated carbocycles. The van der Waals surface area contributed by atoms with Crippen molar-refractivity contribution in [1.29, 1.82) is 0 Å². The fourth-order valence-corrected chi connectivity index (χ4v) is 5.10. The lowest BCUT2D eigenvalue weighted by Gasteiger charge is -2.33. The molecule has 0 aromatic heterocycles. The summed E-state index contributed by atoms with van der Waals surface area (Å²) in [4.78, 5) is 64.4. The number of benzene rings is 2. The summed E-state index contributed by atoms with van der Waals surface area (Å²) >= 11 is 0. The molecule has 7 N–H and O–H groups in total. The molecule has 2 aromatic carbocycles. The van der Waals surface area contributed by atoms with Crippen LogP contribution < -0.4 is 25.1 Å². The van der Waals surface area contributed by atoms with Crippen LogP contribution in [0.4, 0.5) is 19.3 Å². The van der Waals surface area contributed by atoms with E-state index < -0.39 is 83.6 Å². The molecule has 1 saturated heterocycles. The van der Waals surface area contributed by atoms with Gasteiger partial charge in [0, 0.05) is 25.2 Å². The average molecular weight is 638 g/mol. The quantitative estimate of drug-likeness (QED) is 0.140. The highest BCUT2D eigenvalue weighted by Gasteiger charge is 2.41. The van der Waals surface area contributed by atoms with Gasteiger partial charge in [-0.25, -0.2) is 23.5 Å². The number of fused-ring (bicyclic) bond motifs is 1. The number of rotatable bonds is 9. The Bertz CT molecular complexity index is 1630. The molecular formula is C24H25BF2N6O10S. The summed E-state index contributed by atoms with van der Waals surface area (Å²) in [7, 11) is -6.16. The van der Waals surface area contributed by atoms with E-state index in [1.807, 2.05) is 4.72 Å².